The lowest BCUT2D eigenvalue weighted by atomic mass is 9.97. The Morgan fingerprint density at radius 2 is 2.00 bits per heavy atom. The summed E-state index contributed by atoms with van der Waals surface area (Å²) in [6.07, 6.45) is 5.43. The molecule has 2 fully saturated rings. The van der Waals surface area contributed by atoms with Gasteiger partial charge >= 0.3 is 0 Å². The van der Waals surface area contributed by atoms with Crippen LogP contribution in [0.25, 0.3) is 0 Å². The molecule has 3 rings (SSSR count). The predicted octanol–water partition coefficient (Wildman–Crippen LogP) is 5.30. The number of rotatable bonds is 3. The number of hydrogen-bond acceptors (Lipinski definition) is 1. The molecule has 3 unspecified atom stereocenters. The zero-order valence-electron chi connectivity index (χ0n) is 9.96. The van der Waals surface area contributed by atoms with E-state index >= 15 is 0 Å². The minimum Gasteiger partial charge on any atom is -0.488 e. The first-order valence-electron chi connectivity index (χ1n) is 6.38. The lowest BCUT2D eigenvalue weighted by molar-refractivity contribution is 0.137. The fraction of sp³-hybridized carbons (Fsp3) is 0.571. The molecule has 0 amide bonds. The highest BCUT2D eigenvalue weighted by atomic mass is 35.5. The molecule has 2 aliphatic carbocycles. The summed E-state index contributed by atoms with van der Waals surface area (Å²) in [5.41, 5.74) is 0.886. The van der Waals surface area contributed by atoms with Crippen molar-refractivity contribution in [3.63, 3.8) is 0 Å². The maximum Gasteiger partial charge on any atom is 0.142 e. The number of alkyl halides is 1. The van der Waals surface area contributed by atoms with Crippen LogP contribution in [-0.2, 0) is 5.88 Å². The van der Waals surface area contributed by atoms with Crippen molar-refractivity contribution in [2.24, 2.45) is 11.8 Å². The highest BCUT2D eigenvalue weighted by molar-refractivity contribution is 6.36. The first kappa shape index (κ1) is 12.9. The molecule has 1 nitrogen and oxygen atoms in total. The number of ether oxygens (including phenoxy) is 1. The Balaban J connectivity index is 1.84. The SMILES string of the molecule is ClCc1cc(Cl)cc(Cl)c1OC1CC2CCC1C2. The van der Waals surface area contributed by atoms with Crippen LogP contribution in [0.5, 0.6) is 5.75 Å². The minimum absolute atomic E-state index is 0.310. The van der Waals surface area contributed by atoms with E-state index in [0.29, 0.717) is 27.9 Å². The predicted molar refractivity (Wildman–Crippen MR) is 75.9 cm³/mol. The van der Waals surface area contributed by atoms with Crippen molar-refractivity contribution in [1.82, 2.24) is 0 Å². The lowest BCUT2D eigenvalue weighted by Gasteiger charge is -2.25. The summed E-state index contributed by atoms with van der Waals surface area (Å²) in [6, 6.07) is 3.56. The summed E-state index contributed by atoms with van der Waals surface area (Å²) in [6.45, 7) is 0. The number of halogens is 3. The number of fused-ring (bicyclic) bond motifs is 2. The Bertz CT molecular complexity index is 461. The van der Waals surface area contributed by atoms with Crippen molar-refractivity contribution in [1.29, 1.82) is 0 Å². The van der Waals surface area contributed by atoms with E-state index in [-0.39, 0.29) is 0 Å². The molecule has 0 spiro atoms. The Kier molecular flexibility index (Phi) is 3.66. The molecule has 0 heterocycles. The maximum absolute atomic E-state index is 6.23. The van der Waals surface area contributed by atoms with Crippen molar-refractivity contribution in [2.75, 3.05) is 0 Å². The summed E-state index contributed by atoms with van der Waals surface area (Å²) < 4.78 is 6.14. The average Bonchev–Trinajstić information content (AvgIpc) is 2.94. The van der Waals surface area contributed by atoms with Gasteiger partial charge in [-0.15, -0.1) is 11.6 Å². The summed E-state index contributed by atoms with van der Waals surface area (Å²) in [7, 11) is 0. The summed E-state index contributed by atoms with van der Waals surface area (Å²) in [5.74, 6) is 2.65. The monoisotopic (exact) mass is 304 g/mol. The molecule has 4 heteroatoms. The summed E-state index contributed by atoms with van der Waals surface area (Å²) >= 11 is 18.2. The highest BCUT2D eigenvalue weighted by Crippen LogP contribution is 2.47. The van der Waals surface area contributed by atoms with Gasteiger partial charge in [0.25, 0.3) is 0 Å². The standard InChI is InChI=1S/C14H15Cl3O/c15-7-10-5-11(16)6-12(17)14(10)18-13-4-8-1-2-9(13)3-8/h5-6,8-9,13H,1-4,7H2. The van der Waals surface area contributed by atoms with Crippen LogP contribution < -0.4 is 4.74 Å². The molecule has 0 radical (unpaired) electrons. The van der Waals surface area contributed by atoms with Crippen LogP contribution in [0, 0.1) is 11.8 Å². The van der Waals surface area contributed by atoms with E-state index in [0.717, 1.165) is 23.7 Å². The molecule has 2 aliphatic rings. The molecule has 3 atom stereocenters. The molecule has 2 bridgehead atoms. The van der Waals surface area contributed by atoms with Gasteiger partial charge in [-0.1, -0.05) is 23.2 Å². The van der Waals surface area contributed by atoms with E-state index in [4.69, 9.17) is 39.5 Å². The number of benzene rings is 1. The van der Waals surface area contributed by atoms with Gasteiger partial charge in [0.15, 0.2) is 0 Å². The van der Waals surface area contributed by atoms with Crippen LogP contribution >= 0.6 is 34.8 Å². The third kappa shape index (κ3) is 2.33. The molecule has 0 saturated heterocycles. The Morgan fingerprint density at radius 1 is 1.17 bits per heavy atom. The minimum atomic E-state index is 0.310. The maximum atomic E-state index is 6.23. The van der Waals surface area contributed by atoms with Gasteiger partial charge in [0.05, 0.1) is 10.9 Å². The van der Waals surface area contributed by atoms with Crippen molar-refractivity contribution in [2.45, 2.75) is 37.7 Å². The molecule has 0 aromatic heterocycles. The Labute approximate surface area is 122 Å². The fourth-order valence-electron chi connectivity index (χ4n) is 3.33. The third-order valence-corrected chi connectivity index (χ3v) is 4.96. The summed E-state index contributed by atoms with van der Waals surface area (Å²) in [4.78, 5) is 0. The average molecular weight is 306 g/mol. The van der Waals surface area contributed by atoms with Gasteiger partial charge in [0.1, 0.15) is 11.9 Å². The van der Waals surface area contributed by atoms with Gasteiger partial charge in [-0.25, -0.2) is 0 Å². The van der Waals surface area contributed by atoms with Crippen molar-refractivity contribution < 1.29 is 4.74 Å². The molecular formula is C14H15Cl3O. The molecule has 1 aromatic rings. The zero-order valence-corrected chi connectivity index (χ0v) is 12.2. The van der Waals surface area contributed by atoms with E-state index in [2.05, 4.69) is 0 Å². The first-order valence-corrected chi connectivity index (χ1v) is 7.67. The van der Waals surface area contributed by atoms with Crippen LogP contribution in [0.3, 0.4) is 0 Å². The molecule has 98 valence electrons. The Morgan fingerprint density at radius 3 is 2.61 bits per heavy atom. The van der Waals surface area contributed by atoms with Gasteiger partial charge < -0.3 is 4.74 Å². The van der Waals surface area contributed by atoms with Crippen molar-refractivity contribution >= 4 is 34.8 Å². The van der Waals surface area contributed by atoms with E-state index in [1.807, 2.05) is 6.07 Å². The van der Waals surface area contributed by atoms with Crippen LogP contribution in [0.2, 0.25) is 10.0 Å². The zero-order chi connectivity index (χ0) is 12.7. The molecular weight excluding hydrogens is 291 g/mol. The molecule has 18 heavy (non-hydrogen) atoms. The van der Waals surface area contributed by atoms with Gasteiger partial charge in [-0.2, -0.15) is 0 Å². The smallest absolute Gasteiger partial charge is 0.142 e. The topological polar surface area (TPSA) is 9.23 Å². The van der Waals surface area contributed by atoms with Crippen LogP contribution in [0.15, 0.2) is 12.1 Å². The highest BCUT2D eigenvalue weighted by Gasteiger charge is 2.41. The molecule has 0 N–H and O–H groups in total. The van der Waals surface area contributed by atoms with Crippen molar-refractivity contribution in [3.05, 3.63) is 27.7 Å². The van der Waals surface area contributed by atoms with Crippen molar-refractivity contribution in [3.8, 4) is 5.75 Å². The van der Waals surface area contributed by atoms with E-state index in [1.165, 1.54) is 19.3 Å². The first-order chi connectivity index (χ1) is 8.67. The van der Waals surface area contributed by atoms with Crippen LogP contribution in [0.4, 0.5) is 0 Å². The summed E-state index contributed by atoms with van der Waals surface area (Å²) in [5, 5.41) is 1.18. The Hall–Kier alpha value is -0.110. The van der Waals surface area contributed by atoms with E-state index in [1.54, 1.807) is 6.07 Å². The molecule has 1 aromatic carbocycles. The fourth-order valence-corrected chi connectivity index (χ4v) is 4.11. The second kappa shape index (κ2) is 5.11. The molecule has 2 saturated carbocycles. The normalized spacial score (nSPS) is 29.8. The van der Waals surface area contributed by atoms with E-state index in [9.17, 15) is 0 Å². The lowest BCUT2D eigenvalue weighted by Crippen LogP contribution is -2.24. The van der Waals surface area contributed by atoms with Crippen LogP contribution in [0.1, 0.15) is 31.2 Å². The quantitative estimate of drug-likeness (QED) is 0.689. The molecule has 0 aliphatic heterocycles. The third-order valence-electron chi connectivity index (χ3n) is 4.17. The second-order valence-electron chi connectivity index (χ2n) is 5.34. The second-order valence-corrected chi connectivity index (χ2v) is 6.45. The largest absolute Gasteiger partial charge is 0.488 e. The van der Waals surface area contributed by atoms with Gasteiger partial charge in [0.2, 0.25) is 0 Å². The van der Waals surface area contributed by atoms with Gasteiger partial charge in [0, 0.05) is 10.6 Å². The number of hydrogen-bond donors (Lipinski definition) is 0. The van der Waals surface area contributed by atoms with Gasteiger partial charge in [-0.3, -0.25) is 0 Å². The van der Waals surface area contributed by atoms with Crippen LogP contribution in [-0.4, -0.2) is 6.10 Å². The van der Waals surface area contributed by atoms with Gasteiger partial charge in [-0.05, 0) is 49.7 Å². The van der Waals surface area contributed by atoms with E-state index < -0.39 is 0 Å².